The van der Waals surface area contributed by atoms with E-state index in [4.69, 9.17) is 22.1 Å². The minimum atomic E-state index is -0.316. The van der Waals surface area contributed by atoms with Crippen molar-refractivity contribution < 1.29 is 4.74 Å². The zero-order valence-corrected chi connectivity index (χ0v) is 10.5. The fourth-order valence-electron chi connectivity index (χ4n) is 1.70. The summed E-state index contributed by atoms with van der Waals surface area (Å²) in [6.45, 7) is 0. The number of ether oxygens (including phenoxy) is 1. The van der Waals surface area contributed by atoms with Crippen LogP contribution in [0, 0.1) is 0 Å². The zero-order chi connectivity index (χ0) is 12.4. The molecule has 0 radical (unpaired) electrons. The molecule has 1 heterocycles. The lowest BCUT2D eigenvalue weighted by molar-refractivity contribution is 0.407. The van der Waals surface area contributed by atoms with Crippen molar-refractivity contribution in [3.05, 3.63) is 46.7 Å². The number of nitrogens with two attached hydrogens (primary N) is 1. The molecule has 0 saturated carbocycles. The molecule has 0 aliphatic heterocycles. The number of hydrogen-bond acceptors (Lipinski definition) is 3. The van der Waals surface area contributed by atoms with E-state index in [-0.39, 0.29) is 6.04 Å². The van der Waals surface area contributed by atoms with Gasteiger partial charge in [0.05, 0.1) is 18.8 Å². The van der Waals surface area contributed by atoms with Crippen molar-refractivity contribution in [2.45, 2.75) is 6.04 Å². The highest BCUT2D eigenvalue weighted by Gasteiger charge is 2.16. The lowest BCUT2D eigenvalue weighted by atomic mass is 10.0. The van der Waals surface area contributed by atoms with Gasteiger partial charge in [-0.1, -0.05) is 17.7 Å². The molecule has 0 aliphatic carbocycles. The average Bonchev–Trinajstić information content (AvgIpc) is 2.75. The number of halogens is 1. The largest absolute Gasteiger partial charge is 0.496 e. The summed E-state index contributed by atoms with van der Waals surface area (Å²) in [7, 11) is 3.45. The van der Waals surface area contributed by atoms with E-state index in [0.29, 0.717) is 10.8 Å². The Morgan fingerprint density at radius 2 is 2.18 bits per heavy atom. The van der Waals surface area contributed by atoms with Gasteiger partial charge >= 0.3 is 0 Å². The third kappa shape index (κ3) is 2.43. The number of nitrogens with zero attached hydrogens (tertiary/aromatic N) is 2. The molecule has 0 aliphatic rings. The van der Waals surface area contributed by atoms with E-state index in [9.17, 15) is 0 Å². The molecule has 90 valence electrons. The zero-order valence-electron chi connectivity index (χ0n) is 9.72. The highest BCUT2D eigenvalue weighted by molar-refractivity contribution is 6.30. The highest BCUT2D eigenvalue weighted by atomic mass is 35.5. The van der Waals surface area contributed by atoms with Gasteiger partial charge in [-0.2, -0.15) is 5.10 Å². The number of hydrogen-bond donors (Lipinski definition) is 1. The van der Waals surface area contributed by atoms with Crippen molar-refractivity contribution in [2.24, 2.45) is 12.8 Å². The Hall–Kier alpha value is -1.52. The molecule has 0 spiro atoms. The summed E-state index contributed by atoms with van der Waals surface area (Å²) in [5.74, 6) is 0.677. The van der Waals surface area contributed by atoms with Crippen molar-refractivity contribution in [3.8, 4) is 5.75 Å². The molecule has 0 bridgehead atoms. The van der Waals surface area contributed by atoms with E-state index in [0.717, 1.165) is 11.3 Å². The van der Waals surface area contributed by atoms with Gasteiger partial charge in [0.2, 0.25) is 0 Å². The van der Waals surface area contributed by atoms with Crippen LogP contribution < -0.4 is 10.5 Å². The average molecular weight is 252 g/mol. The Morgan fingerprint density at radius 1 is 1.41 bits per heavy atom. The first kappa shape index (κ1) is 12.0. The Morgan fingerprint density at radius 3 is 2.76 bits per heavy atom. The Balaban J connectivity index is 2.39. The quantitative estimate of drug-likeness (QED) is 0.909. The lowest BCUT2D eigenvalue weighted by Gasteiger charge is -2.14. The molecule has 5 heteroatoms. The van der Waals surface area contributed by atoms with Crippen LogP contribution in [-0.2, 0) is 7.05 Å². The van der Waals surface area contributed by atoms with Crippen LogP contribution in [0.2, 0.25) is 5.02 Å². The van der Waals surface area contributed by atoms with Gasteiger partial charge in [-0.05, 0) is 18.2 Å². The fraction of sp³-hybridized carbons (Fsp3) is 0.250. The predicted octanol–water partition coefficient (Wildman–Crippen LogP) is 2.13. The van der Waals surface area contributed by atoms with Crippen molar-refractivity contribution in [1.29, 1.82) is 0 Å². The van der Waals surface area contributed by atoms with Crippen LogP contribution in [0.4, 0.5) is 0 Å². The van der Waals surface area contributed by atoms with Crippen molar-refractivity contribution in [3.63, 3.8) is 0 Å². The van der Waals surface area contributed by atoms with E-state index >= 15 is 0 Å². The number of aromatic nitrogens is 2. The van der Waals surface area contributed by atoms with Crippen LogP contribution in [0.15, 0.2) is 30.5 Å². The first-order valence-corrected chi connectivity index (χ1v) is 5.58. The minimum absolute atomic E-state index is 0.316. The maximum Gasteiger partial charge on any atom is 0.125 e. The SMILES string of the molecule is COc1cc(Cl)ccc1C(N)c1ccn(C)n1. The summed E-state index contributed by atoms with van der Waals surface area (Å²) >= 11 is 5.91. The number of aryl methyl sites for hydroxylation is 1. The molecule has 1 aromatic carbocycles. The molecule has 0 amide bonds. The molecule has 17 heavy (non-hydrogen) atoms. The van der Waals surface area contributed by atoms with Crippen molar-refractivity contribution >= 4 is 11.6 Å². The van der Waals surface area contributed by atoms with Gasteiger partial charge < -0.3 is 10.5 Å². The van der Waals surface area contributed by atoms with Gasteiger partial charge in [0.1, 0.15) is 5.75 Å². The first-order valence-electron chi connectivity index (χ1n) is 5.20. The van der Waals surface area contributed by atoms with Crippen molar-refractivity contribution in [1.82, 2.24) is 9.78 Å². The fourth-order valence-corrected chi connectivity index (χ4v) is 1.86. The molecule has 2 rings (SSSR count). The van der Waals surface area contributed by atoms with E-state index in [1.165, 1.54) is 0 Å². The summed E-state index contributed by atoms with van der Waals surface area (Å²) < 4.78 is 7.00. The molecular formula is C12H14ClN3O. The normalized spacial score (nSPS) is 12.5. The van der Waals surface area contributed by atoms with E-state index in [1.54, 1.807) is 23.9 Å². The second-order valence-electron chi connectivity index (χ2n) is 3.78. The molecule has 0 saturated heterocycles. The predicted molar refractivity (Wildman–Crippen MR) is 67.2 cm³/mol. The summed E-state index contributed by atoms with van der Waals surface area (Å²) in [5, 5.41) is 4.91. The number of benzene rings is 1. The third-order valence-corrected chi connectivity index (χ3v) is 2.82. The number of methoxy groups -OCH3 is 1. The first-order chi connectivity index (χ1) is 8.11. The van der Waals surface area contributed by atoms with Crippen LogP contribution >= 0.6 is 11.6 Å². The maximum atomic E-state index is 6.16. The van der Waals surface area contributed by atoms with Crippen molar-refractivity contribution in [2.75, 3.05) is 7.11 Å². The monoisotopic (exact) mass is 251 g/mol. The highest BCUT2D eigenvalue weighted by Crippen LogP contribution is 2.29. The third-order valence-electron chi connectivity index (χ3n) is 2.58. The summed E-state index contributed by atoms with van der Waals surface area (Å²) in [5.41, 5.74) is 7.83. The van der Waals surface area contributed by atoms with Crippen LogP contribution in [0.5, 0.6) is 5.75 Å². The topological polar surface area (TPSA) is 53.1 Å². The molecule has 1 atom stereocenters. The molecule has 1 aromatic heterocycles. The molecule has 2 aromatic rings. The van der Waals surface area contributed by atoms with Crippen LogP contribution in [0.25, 0.3) is 0 Å². The van der Waals surface area contributed by atoms with Crippen LogP contribution in [0.3, 0.4) is 0 Å². The van der Waals surface area contributed by atoms with Gasteiger partial charge in [0, 0.05) is 23.8 Å². The van der Waals surface area contributed by atoms with Gasteiger partial charge in [-0.15, -0.1) is 0 Å². The van der Waals surface area contributed by atoms with E-state index in [2.05, 4.69) is 5.10 Å². The van der Waals surface area contributed by atoms with Gasteiger partial charge in [0.25, 0.3) is 0 Å². The molecule has 0 fully saturated rings. The maximum absolute atomic E-state index is 6.16. The Bertz CT molecular complexity index is 524. The van der Waals surface area contributed by atoms with E-state index < -0.39 is 0 Å². The van der Waals surface area contributed by atoms with Gasteiger partial charge in [-0.3, -0.25) is 4.68 Å². The molecular weight excluding hydrogens is 238 g/mol. The summed E-state index contributed by atoms with van der Waals surface area (Å²) in [6, 6.07) is 6.98. The number of rotatable bonds is 3. The smallest absolute Gasteiger partial charge is 0.125 e. The minimum Gasteiger partial charge on any atom is -0.496 e. The Kier molecular flexibility index (Phi) is 3.36. The van der Waals surface area contributed by atoms with Crippen LogP contribution in [-0.4, -0.2) is 16.9 Å². The summed E-state index contributed by atoms with van der Waals surface area (Å²) in [6.07, 6.45) is 1.86. The second-order valence-corrected chi connectivity index (χ2v) is 4.21. The second kappa shape index (κ2) is 4.77. The van der Waals surface area contributed by atoms with Gasteiger partial charge in [-0.25, -0.2) is 0 Å². The Labute approximate surface area is 105 Å². The van der Waals surface area contributed by atoms with Gasteiger partial charge in [0.15, 0.2) is 0 Å². The molecule has 4 nitrogen and oxygen atoms in total. The molecule has 1 unspecified atom stereocenters. The molecule has 2 N–H and O–H groups in total. The standard InChI is InChI=1S/C12H14ClN3O/c1-16-6-5-10(15-16)12(14)9-4-3-8(13)7-11(9)17-2/h3-7,12H,14H2,1-2H3. The lowest BCUT2D eigenvalue weighted by Crippen LogP contribution is -2.14. The summed E-state index contributed by atoms with van der Waals surface area (Å²) in [4.78, 5) is 0. The van der Waals surface area contributed by atoms with E-state index in [1.807, 2.05) is 25.4 Å². The van der Waals surface area contributed by atoms with Crippen LogP contribution in [0.1, 0.15) is 17.3 Å².